The zero-order chi connectivity index (χ0) is 13.5. The third-order valence-corrected chi connectivity index (χ3v) is 5.95. The van der Waals surface area contributed by atoms with E-state index in [1.165, 1.54) is 5.57 Å². The Morgan fingerprint density at radius 3 is 2.63 bits per heavy atom. The highest BCUT2D eigenvalue weighted by atomic mass is 32.2. The summed E-state index contributed by atoms with van der Waals surface area (Å²) in [7, 11) is -3.35. The Kier molecular flexibility index (Phi) is 3.09. The molecule has 0 N–H and O–H groups in total. The zero-order valence-electron chi connectivity index (χ0n) is 11.1. The van der Waals surface area contributed by atoms with E-state index < -0.39 is 9.84 Å². The van der Waals surface area contributed by atoms with Gasteiger partial charge in [-0.05, 0) is 62.3 Å². The average molecular weight is 274 g/mol. The van der Waals surface area contributed by atoms with Gasteiger partial charge in [-0.2, -0.15) is 0 Å². The molecular weight excluding hydrogens is 256 g/mol. The van der Waals surface area contributed by atoms with E-state index in [4.69, 9.17) is 0 Å². The standard InChI is InChI=1S/C16H18O2S/c1-12-10-13-6-5-9-15(13)16(11-12)19(17,18)14-7-3-2-4-8-14/h2-4,7-8,11,13H,5-6,9-10H2,1H3. The van der Waals surface area contributed by atoms with Gasteiger partial charge in [-0.25, -0.2) is 8.42 Å². The van der Waals surface area contributed by atoms with E-state index in [-0.39, 0.29) is 0 Å². The van der Waals surface area contributed by atoms with Gasteiger partial charge in [0.15, 0.2) is 0 Å². The smallest absolute Gasteiger partial charge is 0.206 e. The molecule has 0 amide bonds. The molecule has 100 valence electrons. The quantitative estimate of drug-likeness (QED) is 0.820. The lowest BCUT2D eigenvalue weighted by atomic mass is 9.90. The number of hydrogen-bond acceptors (Lipinski definition) is 2. The summed E-state index contributed by atoms with van der Waals surface area (Å²) in [6.45, 7) is 2.04. The Morgan fingerprint density at radius 1 is 1.16 bits per heavy atom. The first kappa shape index (κ1) is 12.7. The molecule has 0 aliphatic heterocycles. The Labute approximate surface area is 114 Å². The number of fused-ring (bicyclic) bond motifs is 1. The van der Waals surface area contributed by atoms with Crippen LogP contribution in [-0.2, 0) is 9.84 Å². The molecule has 19 heavy (non-hydrogen) atoms. The minimum atomic E-state index is -3.35. The molecule has 1 atom stereocenters. The largest absolute Gasteiger partial charge is 0.219 e. The molecule has 2 nitrogen and oxygen atoms in total. The summed E-state index contributed by atoms with van der Waals surface area (Å²) in [6, 6.07) is 8.78. The highest BCUT2D eigenvalue weighted by molar-refractivity contribution is 7.95. The Morgan fingerprint density at radius 2 is 1.89 bits per heavy atom. The van der Waals surface area contributed by atoms with Gasteiger partial charge in [0.05, 0.1) is 9.80 Å². The fraction of sp³-hybridized carbons (Fsp3) is 0.375. The van der Waals surface area contributed by atoms with Crippen LogP contribution in [0.15, 0.2) is 57.4 Å². The van der Waals surface area contributed by atoms with Crippen molar-refractivity contribution >= 4 is 9.84 Å². The Hall–Kier alpha value is -1.35. The first-order valence-electron chi connectivity index (χ1n) is 6.79. The molecule has 2 aliphatic carbocycles. The summed E-state index contributed by atoms with van der Waals surface area (Å²) in [5.41, 5.74) is 2.35. The van der Waals surface area contributed by atoms with E-state index in [2.05, 4.69) is 0 Å². The molecule has 0 bridgehead atoms. The molecule has 3 heteroatoms. The Balaban J connectivity index is 2.15. The summed E-state index contributed by atoms with van der Waals surface area (Å²) in [5, 5.41) is 0. The first-order valence-corrected chi connectivity index (χ1v) is 8.28. The first-order chi connectivity index (χ1) is 9.09. The molecule has 0 radical (unpaired) electrons. The lowest BCUT2D eigenvalue weighted by molar-refractivity contribution is 0.592. The predicted molar refractivity (Wildman–Crippen MR) is 76.4 cm³/mol. The van der Waals surface area contributed by atoms with Crippen molar-refractivity contribution in [1.82, 2.24) is 0 Å². The second kappa shape index (κ2) is 4.64. The zero-order valence-corrected chi connectivity index (χ0v) is 11.9. The van der Waals surface area contributed by atoms with Crippen LogP contribution in [-0.4, -0.2) is 8.42 Å². The van der Waals surface area contributed by atoms with Gasteiger partial charge in [-0.1, -0.05) is 23.8 Å². The van der Waals surface area contributed by atoms with Crippen molar-refractivity contribution in [2.24, 2.45) is 5.92 Å². The van der Waals surface area contributed by atoms with Gasteiger partial charge >= 0.3 is 0 Å². The highest BCUT2D eigenvalue weighted by Crippen LogP contribution is 2.43. The van der Waals surface area contributed by atoms with Crippen molar-refractivity contribution < 1.29 is 8.42 Å². The number of benzene rings is 1. The fourth-order valence-corrected chi connectivity index (χ4v) is 4.95. The molecular formula is C16H18O2S. The second-order valence-corrected chi connectivity index (χ2v) is 7.41. The van der Waals surface area contributed by atoms with Crippen LogP contribution in [0, 0.1) is 5.92 Å². The van der Waals surface area contributed by atoms with Crippen LogP contribution in [0.3, 0.4) is 0 Å². The summed E-state index contributed by atoms with van der Waals surface area (Å²) >= 11 is 0. The van der Waals surface area contributed by atoms with E-state index in [1.54, 1.807) is 24.3 Å². The summed E-state index contributed by atoms with van der Waals surface area (Å²) in [5.74, 6) is 0.457. The molecule has 1 unspecified atom stereocenters. The van der Waals surface area contributed by atoms with Gasteiger partial charge in [-0.3, -0.25) is 0 Å². The van der Waals surface area contributed by atoms with Crippen molar-refractivity contribution in [2.75, 3.05) is 0 Å². The van der Waals surface area contributed by atoms with Crippen molar-refractivity contribution in [3.63, 3.8) is 0 Å². The lowest BCUT2D eigenvalue weighted by Crippen LogP contribution is -2.13. The number of sulfone groups is 1. The molecule has 3 rings (SSSR count). The van der Waals surface area contributed by atoms with E-state index in [0.717, 1.165) is 31.3 Å². The monoisotopic (exact) mass is 274 g/mol. The molecule has 1 aromatic carbocycles. The SMILES string of the molecule is CC1=CC(S(=O)(=O)c2ccccc2)=C2CCCC2C1. The maximum Gasteiger partial charge on any atom is 0.206 e. The number of hydrogen-bond donors (Lipinski definition) is 0. The molecule has 1 aromatic rings. The third kappa shape index (κ3) is 2.16. The number of rotatable bonds is 2. The van der Waals surface area contributed by atoms with E-state index in [9.17, 15) is 8.42 Å². The van der Waals surface area contributed by atoms with Crippen molar-refractivity contribution in [3.8, 4) is 0 Å². The molecule has 0 aromatic heterocycles. The minimum Gasteiger partial charge on any atom is -0.219 e. The maximum atomic E-state index is 12.8. The summed E-state index contributed by atoms with van der Waals surface area (Å²) in [4.78, 5) is 0.985. The normalized spacial score (nSPS) is 23.2. The minimum absolute atomic E-state index is 0.411. The average Bonchev–Trinajstić information content (AvgIpc) is 2.86. The van der Waals surface area contributed by atoms with Crippen LogP contribution in [0.5, 0.6) is 0 Å². The van der Waals surface area contributed by atoms with Gasteiger partial charge in [0.25, 0.3) is 0 Å². The molecule has 0 saturated heterocycles. The number of allylic oxidation sites excluding steroid dienone is 3. The molecule has 0 heterocycles. The van der Waals surface area contributed by atoms with Gasteiger partial charge in [0, 0.05) is 0 Å². The van der Waals surface area contributed by atoms with E-state index >= 15 is 0 Å². The van der Waals surface area contributed by atoms with Crippen LogP contribution in [0.2, 0.25) is 0 Å². The van der Waals surface area contributed by atoms with Crippen LogP contribution >= 0.6 is 0 Å². The van der Waals surface area contributed by atoms with Gasteiger partial charge in [0.2, 0.25) is 9.84 Å². The molecule has 0 spiro atoms. The van der Waals surface area contributed by atoms with Gasteiger partial charge < -0.3 is 0 Å². The fourth-order valence-electron chi connectivity index (χ4n) is 3.21. The predicted octanol–water partition coefficient (Wildman–Crippen LogP) is 3.86. The topological polar surface area (TPSA) is 34.1 Å². The van der Waals surface area contributed by atoms with Crippen molar-refractivity contribution in [2.45, 2.75) is 37.5 Å². The van der Waals surface area contributed by atoms with Crippen molar-refractivity contribution in [1.29, 1.82) is 0 Å². The second-order valence-electron chi connectivity index (χ2n) is 5.49. The van der Waals surface area contributed by atoms with Crippen LogP contribution < -0.4 is 0 Å². The van der Waals surface area contributed by atoms with Crippen molar-refractivity contribution in [3.05, 3.63) is 52.5 Å². The van der Waals surface area contributed by atoms with Crippen LogP contribution in [0.25, 0.3) is 0 Å². The molecule has 1 fully saturated rings. The van der Waals surface area contributed by atoms with Crippen LogP contribution in [0.1, 0.15) is 32.6 Å². The highest BCUT2D eigenvalue weighted by Gasteiger charge is 2.32. The summed E-state index contributed by atoms with van der Waals surface area (Å²) < 4.78 is 25.5. The molecule has 1 saturated carbocycles. The van der Waals surface area contributed by atoms with Gasteiger partial charge in [-0.15, -0.1) is 0 Å². The van der Waals surface area contributed by atoms with Gasteiger partial charge in [0.1, 0.15) is 0 Å². The third-order valence-electron chi connectivity index (χ3n) is 4.10. The van der Waals surface area contributed by atoms with E-state index in [1.807, 2.05) is 19.1 Å². The maximum absolute atomic E-state index is 12.8. The Bertz CT molecular complexity index is 651. The molecule has 2 aliphatic rings. The summed E-state index contributed by atoms with van der Waals surface area (Å²) in [6.07, 6.45) is 6.11. The van der Waals surface area contributed by atoms with E-state index in [0.29, 0.717) is 15.7 Å². The lowest BCUT2D eigenvalue weighted by Gasteiger charge is -2.22. The van der Waals surface area contributed by atoms with Crippen LogP contribution in [0.4, 0.5) is 0 Å².